The highest BCUT2D eigenvalue weighted by atomic mass is 16.5. The van der Waals surface area contributed by atoms with Gasteiger partial charge in [-0.05, 0) is 39.5 Å². The van der Waals surface area contributed by atoms with Gasteiger partial charge in [-0.15, -0.1) is 0 Å². The predicted molar refractivity (Wildman–Crippen MR) is 66.5 cm³/mol. The minimum atomic E-state index is -0.767. The average molecular weight is 243 g/mol. The normalized spacial score (nSPS) is 29.4. The molecule has 0 aromatic carbocycles. The fraction of sp³-hybridized carbons (Fsp3) is 0.923. The van der Waals surface area contributed by atoms with E-state index in [-0.39, 0.29) is 18.1 Å². The Morgan fingerprint density at radius 1 is 1.53 bits per heavy atom. The number of hydrogen-bond acceptors (Lipinski definition) is 4. The van der Waals surface area contributed by atoms with Crippen LogP contribution in [0.1, 0.15) is 58.8 Å². The summed E-state index contributed by atoms with van der Waals surface area (Å²) in [5, 5.41) is 10.4. The van der Waals surface area contributed by atoms with Crippen LogP contribution in [0.4, 0.5) is 0 Å². The Morgan fingerprint density at radius 2 is 2.24 bits per heavy atom. The zero-order valence-corrected chi connectivity index (χ0v) is 10.9. The van der Waals surface area contributed by atoms with Gasteiger partial charge >= 0.3 is 5.97 Å². The Bertz CT molecular complexity index is 255. The molecule has 0 heterocycles. The van der Waals surface area contributed by atoms with Crippen LogP contribution < -0.4 is 5.73 Å². The van der Waals surface area contributed by atoms with Crippen LogP contribution in [0.3, 0.4) is 0 Å². The fourth-order valence-electron chi connectivity index (χ4n) is 2.42. The molecule has 100 valence electrons. The Labute approximate surface area is 104 Å². The Kier molecular flexibility index (Phi) is 5.40. The van der Waals surface area contributed by atoms with Gasteiger partial charge in [-0.25, -0.2) is 0 Å². The third-order valence-corrected chi connectivity index (χ3v) is 3.42. The summed E-state index contributed by atoms with van der Waals surface area (Å²) in [6, 6.07) is -0.141. The lowest BCUT2D eigenvalue weighted by molar-refractivity contribution is -0.147. The summed E-state index contributed by atoms with van der Waals surface area (Å²) in [5.41, 5.74) is 5.18. The number of esters is 1. The number of rotatable bonds is 5. The Balaban J connectivity index is 2.27. The summed E-state index contributed by atoms with van der Waals surface area (Å²) in [6.45, 7) is 3.67. The highest BCUT2D eigenvalue weighted by Gasteiger charge is 2.35. The number of ether oxygens (including phenoxy) is 1. The van der Waals surface area contributed by atoms with E-state index in [2.05, 4.69) is 0 Å². The molecule has 0 amide bonds. The van der Waals surface area contributed by atoms with Gasteiger partial charge in [0.05, 0.1) is 11.7 Å². The van der Waals surface area contributed by atoms with Gasteiger partial charge in [-0.3, -0.25) is 4.79 Å². The number of aliphatic hydroxyl groups is 1. The second kappa shape index (κ2) is 6.36. The number of hydrogen-bond donors (Lipinski definition) is 2. The fourth-order valence-corrected chi connectivity index (χ4v) is 2.42. The lowest BCUT2D eigenvalue weighted by Crippen LogP contribution is -2.50. The third-order valence-electron chi connectivity index (χ3n) is 3.42. The molecule has 2 unspecified atom stereocenters. The van der Waals surface area contributed by atoms with E-state index in [1.165, 1.54) is 0 Å². The Hall–Kier alpha value is -0.610. The zero-order valence-electron chi connectivity index (χ0n) is 10.9. The third kappa shape index (κ3) is 4.64. The summed E-state index contributed by atoms with van der Waals surface area (Å²) >= 11 is 0. The molecule has 1 rings (SSSR count). The molecule has 4 nitrogen and oxygen atoms in total. The molecule has 17 heavy (non-hydrogen) atoms. The molecule has 1 saturated carbocycles. The van der Waals surface area contributed by atoms with E-state index in [4.69, 9.17) is 10.5 Å². The molecule has 0 aliphatic heterocycles. The zero-order chi connectivity index (χ0) is 12.9. The van der Waals surface area contributed by atoms with Crippen molar-refractivity contribution in [3.05, 3.63) is 0 Å². The second-order valence-electron chi connectivity index (χ2n) is 5.35. The van der Waals surface area contributed by atoms with Gasteiger partial charge in [0.25, 0.3) is 0 Å². The largest absolute Gasteiger partial charge is 0.463 e. The van der Waals surface area contributed by atoms with Crippen LogP contribution in [0.25, 0.3) is 0 Å². The van der Waals surface area contributed by atoms with Crippen LogP contribution >= 0.6 is 0 Å². The number of carbonyl (C=O) groups is 1. The topological polar surface area (TPSA) is 72.5 Å². The van der Waals surface area contributed by atoms with Crippen LogP contribution in [0.2, 0.25) is 0 Å². The van der Waals surface area contributed by atoms with Crippen molar-refractivity contribution in [2.75, 3.05) is 0 Å². The van der Waals surface area contributed by atoms with Crippen LogP contribution in [0, 0.1) is 0 Å². The lowest BCUT2D eigenvalue weighted by atomic mass is 9.78. The van der Waals surface area contributed by atoms with Gasteiger partial charge in [-0.2, -0.15) is 0 Å². The number of carbonyl (C=O) groups excluding carboxylic acids is 1. The van der Waals surface area contributed by atoms with Crippen molar-refractivity contribution in [2.24, 2.45) is 5.73 Å². The van der Waals surface area contributed by atoms with Crippen molar-refractivity contribution >= 4 is 5.97 Å². The monoisotopic (exact) mass is 243 g/mol. The molecule has 0 saturated heterocycles. The molecule has 2 atom stereocenters. The van der Waals surface area contributed by atoms with Crippen molar-refractivity contribution < 1.29 is 14.6 Å². The molecule has 1 aliphatic carbocycles. The number of nitrogens with two attached hydrogens (primary N) is 1. The van der Waals surface area contributed by atoms with Gasteiger partial charge in [0.1, 0.15) is 0 Å². The quantitative estimate of drug-likeness (QED) is 0.721. The standard InChI is InChI=1S/C13H25NO3/c1-10(2)17-12(15)7-5-9-13(16)8-4-3-6-11(13)14/h10-11,16H,3-9,14H2,1-2H3. The minimum absolute atomic E-state index is 0.0671. The molecule has 0 radical (unpaired) electrons. The summed E-state index contributed by atoms with van der Waals surface area (Å²) in [6.07, 6.45) is 5.31. The highest BCUT2D eigenvalue weighted by Crippen LogP contribution is 2.31. The SMILES string of the molecule is CC(C)OC(=O)CCCC1(O)CCCCC1N. The van der Waals surface area contributed by atoms with Gasteiger partial charge in [0.2, 0.25) is 0 Å². The van der Waals surface area contributed by atoms with Gasteiger partial charge in [0, 0.05) is 12.5 Å². The molecule has 4 heteroatoms. The van der Waals surface area contributed by atoms with E-state index in [1.807, 2.05) is 13.8 Å². The first kappa shape index (κ1) is 14.5. The molecular weight excluding hydrogens is 218 g/mol. The van der Waals surface area contributed by atoms with E-state index >= 15 is 0 Å². The first-order valence-corrected chi connectivity index (χ1v) is 6.61. The molecular formula is C13H25NO3. The van der Waals surface area contributed by atoms with E-state index in [1.54, 1.807) is 0 Å². The second-order valence-corrected chi connectivity index (χ2v) is 5.35. The van der Waals surface area contributed by atoms with Gasteiger partial charge in [0.15, 0.2) is 0 Å². The Morgan fingerprint density at radius 3 is 2.82 bits per heavy atom. The maximum atomic E-state index is 11.3. The van der Waals surface area contributed by atoms with Gasteiger partial charge in [-0.1, -0.05) is 12.8 Å². The molecule has 0 aromatic heterocycles. The minimum Gasteiger partial charge on any atom is -0.463 e. The van der Waals surface area contributed by atoms with E-state index in [9.17, 15) is 9.90 Å². The van der Waals surface area contributed by atoms with Gasteiger partial charge < -0.3 is 15.6 Å². The van der Waals surface area contributed by atoms with Crippen LogP contribution in [-0.4, -0.2) is 28.8 Å². The van der Waals surface area contributed by atoms with E-state index in [0.717, 1.165) is 25.7 Å². The smallest absolute Gasteiger partial charge is 0.306 e. The van der Waals surface area contributed by atoms with Crippen molar-refractivity contribution in [2.45, 2.75) is 76.5 Å². The summed E-state index contributed by atoms with van der Waals surface area (Å²) in [7, 11) is 0. The maximum absolute atomic E-state index is 11.3. The summed E-state index contributed by atoms with van der Waals surface area (Å²) < 4.78 is 5.05. The molecule has 0 spiro atoms. The molecule has 1 fully saturated rings. The van der Waals surface area contributed by atoms with Crippen LogP contribution in [0.5, 0.6) is 0 Å². The molecule has 3 N–H and O–H groups in total. The maximum Gasteiger partial charge on any atom is 0.306 e. The molecule has 1 aliphatic rings. The van der Waals surface area contributed by atoms with Crippen LogP contribution in [0.15, 0.2) is 0 Å². The summed E-state index contributed by atoms with van der Waals surface area (Å²) in [4.78, 5) is 11.3. The first-order chi connectivity index (χ1) is 7.94. The van der Waals surface area contributed by atoms with E-state index < -0.39 is 5.60 Å². The first-order valence-electron chi connectivity index (χ1n) is 6.61. The highest BCUT2D eigenvalue weighted by molar-refractivity contribution is 5.69. The summed E-state index contributed by atoms with van der Waals surface area (Å²) in [5.74, 6) is -0.187. The predicted octanol–water partition coefficient (Wildman–Crippen LogP) is 1.74. The van der Waals surface area contributed by atoms with Crippen molar-refractivity contribution in [3.63, 3.8) is 0 Å². The lowest BCUT2D eigenvalue weighted by Gasteiger charge is -2.38. The van der Waals surface area contributed by atoms with Crippen LogP contribution in [-0.2, 0) is 9.53 Å². The van der Waals surface area contributed by atoms with E-state index in [0.29, 0.717) is 19.3 Å². The van der Waals surface area contributed by atoms with Crippen molar-refractivity contribution in [1.29, 1.82) is 0 Å². The average Bonchev–Trinajstić information content (AvgIpc) is 2.21. The molecule has 0 aromatic rings. The van der Waals surface area contributed by atoms with Crippen molar-refractivity contribution in [3.8, 4) is 0 Å². The van der Waals surface area contributed by atoms with Crippen molar-refractivity contribution in [1.82, 2.24) is 0 Å². The molecule has 0 bridgehead atoms.